The highest BCUT2D eigenvalue weighted by Gasteiger charge is 2.30. The minimum absolute atomic E-state index is 0.0164. The predicted octanol–water partition coefficient (Wildman–Crippen LogP) is 3.06. The zero-order chi connectivity index (χ0) is 19.7. The number of amides is 1. The normalized spacial score (nSPS) is 19.5. The van der Waals surface area contributed by atoms with Crippen molar-refractivity contribution in [1.82, 2.24) is 25.1 Å². The molecule has 1 amide bonds. The molecule has 4 rings (SSSR count). The fourth-order valence-corrected chi connectivity index (χ4v) is 4.31. The monoisotopic (exact) mass is 394 g/mol. The van der Waals surface area contributed by atoms with Crippen LogP contribution in [0.4, 0.5) is 5.69 Å². The van der Waals surface area contributed by atoms with Gasteiger partial charge in [0.1, 0.15) is 10.7 Å². The van der Waals surface area contributed by atoms with Gasteiger partial charge in [-0.25, -0.2) is 4.98 Å². The van der Waals surface area contributed by atoms with Crippen LogP contribution in [-0.4, -0.2) is 50.1 Å². The van der Waals surface area contributed by atoms with E-state index in [0.29, 0.717) is 12.5 Å². The van der Waals surface area contributed by atoms with Crippen LogP contribution in [0.2, 0.25) is 0 Å². The summed E-state index contributed by atoms with van der Waals surface area (Å²) in [4.78, 5) is 21.8. The standard InChI is InChI=1S/C20H22N6OS/c1-4-5-17(27)26-9-7-12(2)16(11-26)23-18-14-6-8-21-19(14)22-10-15(18)20-25-24-13(3)28-20/h1,6,8,10,12,16H,5,7,9,11H2,2-3H3,(H2,21,22,23)/t12-,16+/m1/s1. The molecular formula is C20H22N6OS. The largest absolute Gasteiger partial charge is 0.379 e. The Balaban J connectivity index is 1.69. The number of carbonyl (C=O) groups excluding carboxylic acids is 1. The number of aryl methyl sites for hydroxylation is 1. The number of fused-ring (bicyclic) bond motifs is 1. The van der Waals surface area contributed by atoms with E-state index >= 15 is 0 Å². The molecule has 144 valence electrons. The molecule has 3 aromatic rings. The first-order chi connectivity index (χ1) is 13.6. The second-order valence-electron chi connectivity index (χ2n) is 7.15. The van der Waals surface area contributed by atoms with Crippen LogP contribution in [0.1, 0.15) is 24.8 Å². The number of nitrogens with zero attached hydrogens (tertiary/aromatic N) is 4. The maximum absolute atomic E-state index is 12.3. The number of carbonyl (C=O) groups is 1. The van der Waals surface area contributed by atoms with Crippen molar-refractivity contribution < 1.29 is 4.79 Å². The minimum atomic E-state index is 0.0164. The van der Waals surface area contributed by atoms with Gasteiger partial charge in [0.2, 0.25) is 5.91 Å². The van der Waals surface area contributed by atoms with Gasteiger partial charge in [-0.1, -0.05) is 24.2 Å². The van der Waals surface area contributed by atoms with Gasteiger partial charge >= 0.3 is 0 Å². The van der Waals surface area contributed by atoms with Crippen LogP contribution in [-0.2, 0) is 4.79 Å². The number of hydrogen-bond acceptors (Lipinski definition) is 6. The molecular weight excluding hydrogens is 372 g/mol. The molecule has 7 nitrogen and oxygen atoms in total. The topological polar surface area (TPSA) is 86.8 Å². The molecule has 0 aromatic carbocycles. The summed E-state index contributed by atoms with van der Waals surface area (Å²) in [6.07, 6.45) is 10.1. The lowest BCUT2D eigenvalue weighted by Crippen LogP contribution is -2.49. The maximum Gasteiger partial charge on any atom is 0.234 e. The van der Waals surface area contributed by atoms with Crippen molar-refractivity contribution in [3.05, 3.63) is 23.5 Å². The Morgan fingerprint density at radius 1 is 1.50 bits per heavy atom. The van der Waals surface area contributed by atoms with Crippen LogP contribution in [0.3, 0.4) is 0 Å². The Morgan fingerprint density at radius 2 is 2.36 bits per heavy atom. The van der Waals surface area contributed by atoms with E-state index < -0.39 is 0 Å². The Kier molecular flexibility index (Phi) is 5.01. The summed E-state index contributed by atoms with van der Waals surface area (Å²) >= 11 is 1.54. The molecule has 8 heteroatoms. The van der Waals surface area contributed by atoms with Gasteiger partial charge in [0.05, 0.1) is 17.7 Å². The number of aromatic amines is 1. The van der Waals surface area contributed by atoms with Gasteiger partial charge in [0.15, 0.2) is 5.01 Å². The van der Waals surface area contributed by atoms with E-state index in [1.165, 1.54) is 0 Å². The van der Waals surface area contributed by atoms with E-state index in [1.54, 1.807) is 11.3 Å². The van der Waals surface area contributed by atoms with Gasteiger partial charge in [-0.05, 0) is 25.3 Å². The molecule has 0 spiro atoms. The van der Waals surface area contributed by atoms with Crippen molar-refractivity contribution in [2.24, 2.45) is 5.92 Å². The second-order valence-corrected chi connectivity index (χ2v) is 8.33. The molecule has 1 aliphatic rings. The van der Waals surface area contributed by atoms with Crippen LogP contribution in [0.15, 0.2) is 18.5 Å². The Bertz CT molecular complexity index is 1050. The smallest absolute Gasteiger partial charge is 0.234 e. The molecule has 4 heterocycles. The number of hydrogen-bond donors (Lipinski definition) is 2. The maximum atomic E-state index is 12.3. The average molecular weight is 395 g/mol. The molecule has 1 aliphatic heterocycles. The molecule has 0 aliphatic carbocycles. The van der Waals surface area contributed by atoms with Gasteiger partial charge < -0.3 is 15.2 Å². The zero-order valence-corrected chi connectivity index (χ0v) is 16.7. The molecule has 2 N–H and O–H groups in total. The molecule has 0 saturated carbocycles. The van der Waals surface area contributed by atoms with Crippen LogP contribution < -0.4 is 5.32 Å². The van der Waals surface area contributed by atoms with Gasteiger partial charge in [0, 0.05) is 36.9 Å². The first-order valence-corrected chi connectivity index (χ1v) is 10.1. The van der Waals surface area contributed by atoms with Crippen molar-refractivity contribution in [2.45, 2.75) is 32.7 Å². The summed E-state index contributed by atoms with van der Waals surface area (Å²) < 4.78 is 0. The second kappa shape index (κ2) is 7.60. The Hall–Kier alpha value is -2.92. The minimum Gasteiger partial charge on any atom is -0.379 e. The van der Waals surface area contributed by atoms with Gasteiger partial charge in [-0.2, -0.15) is 0 Å². The van der Waals surface area contributed by atoms with E-state index in [1.807, 2.05) is 30.3 Å². The molecule has 2 atom stereocenters. The molecule has 0 radical (unpaired) electrons. The van der Waals surface area contributed by atoms with Gasteiger partial charge in [-0.3, -0.25) is 4.79 Å². The van der Waals surface area contributed by atoms with Crippen molar-refractivity contribution in [2.75, 3.05) is 18.4 Å². The van der Waals surface area contributed by atoms with Crippen LogP contribution in [0.25, 0.3) is 21.6 Å². The van der Waals surface area contributed by atoms with Gasteiger partial charge in [0.25, 0.3) is 0 Å². The SMILES string of the molecule is C#CCC(=O)N1CC[C@@H](C)[C@@H](Nc2c(-c3nnc(C)s3)cnc3[nH]ccc23)C1. The molecule has 0 bridgehead atoms. The summed E-state index contributed by atoms with van der Waals surface area (Å²) in [7, 11) is 0. The fourth-order valence-electron chi connectivity index (χ4n) is 3.60. The highest BCUT2D eigenvalue weighted by molar-refractivity contribution is 7.14. The number of nitrogens with one attached hydrogen (secondary N) is 2. The molecule has 0 unspecified atom stereocenters. The summed E-state index contributed by atoms with van der Waals surface area (Å²) in [6, 6.07) is 2.13. The predicted molar refractivity (Wildman–Crippen MR) is 111 cm³/mol. The lowest BCUT2D eigenvalue weighted by atomic mass is 9.92. The highest BCUT2D eigenvalue weighted by Crippen LogP contribution is 2.36. The summed E-state index contributed by atoms with van der Waals surface area (Å²) in [5.74, 6) is 2.89. The number of aromatic nitrogens is 4. The number of rotatable bonds is 4. The van der Waals surface area contributed by atoms with Crippen molar-refractivity contribution in [3.8, 4) is 22.9 Å². The molecule has 28 heavy (non-hydrogen) atoms. The zero-order valence-electron chi connectivity index (χ0n) is 15.9. The average Bonchev–Trinajstić information content (AvgIpc) is 3.32. The number of H-pyrrole nitrogens is 1. The van der Waals surface area contributed by atoms with Gasteiger partial charge in [-0.15, -0.1) is 16.6 Å². The van der Waals surface area contributed by atoms with E-state index in [2.05, 4.69) is 38.3 Å². The van der Waals surface area contributed by atoms with E-state index in [9.17, 15) is 4.79 Å². The summed E-state index contributed by atoms with van der Waals surface area (Å²) in [5.41, 5.74) is 2.72. The van der Waals surface area contributed by atoms with E-state index in [0.717, 1.165) is 45.3 Å². The first-order valence-electron chi connectivity index (χ1n) is 9.31. The number of anilines is 1. The fraction of sp³-hybridized carbons (Fsp3) is 0.400. The lowest BCUT2D eigenvalue weighted by Gasteiger charge is -2.38. The highest BCUT2D eigenvalue weighted by atomic mass is 32.1. The first kappa shape index (κ1) is 18.4. The lowest BCUT2D eigenvalue weighted by molar-refractivity contribution is -0.131. The van der Waals surface area contributed by atoms with Crippen molar-refractivity contribution in [3.63, 3.8) is 0 Å². The van der Waals surface area contributed by atoms with E-state index in [4.69, 9.17) is 6.42 Å². The van der Waals surface area contributed by atoms with Crippen molar-refractivity contribution in [1.29, 1.82) is 0 Å². The Morgan fingerprint density at radius 3 is 3.11 bits per heavy atom. The molecule has 3 aromatic heterocycles. The number of terminal acetylenes is 1. The summed E-state index contributed by atoms with van der Waals surface area (Å²) in [5, 5.41) is 14.9. The van der Waals surface area contributed by atoms with E-state index in [-0.39, 0.29) is 18.4 Å². The van der Waals surface area contributed by atoms with Crippen LogP contribution in [0, 0.1) is 25.2 Å². The Labute approximate surface area is 167 Å². The third-order valence-electron chi connectivity index (χ3n) is 5.24. The van der Waals surface area contributed by atoms with Crippen LogP contribution in [0.5, 0.6) is 0 Å². The summed E-state index contributed by atoms with van der Waals surface area (Å²) in [6.45, 7) is 5.53. The van der Waals surface area contributed by atoms with Crippen molar-refractivity contribution >= 4 is 34.0 Å². The molecule has 1 fully saturated rings. The molecule has 1 saturated heterocycles. The number of pyridine rings is 1. The van der Waals surface area contributed by atoms with Crippen LogP contribution >= 0.6 is 11.3 Å². The third-order valence-corrected chi connectivity index (χ3v) is 6.11. The number of likely N-dealkylation sites (tertiary alicyclic amines) is 1. The quantitative estimate of drug-likeness (QED) is 0.664. The number of piperidine rings is 1. The third kappa shape index (κ3) is 3.45.